The molecule has 0 amide bonds. The summed E-state index contributed by atoms with van der Waals surface area (Å²) < 4.78 is 16.5. The first-order chi connectivity index (χ1) is 10.8. The largest absolute Gasteiger partial charge is 0.394 e. The zero-order chi connectivity index (χ0) is 17.3. The van der Waals surface area contributed by atoms with Gasteiger partial charge in [-0.2, -0.15) is 0 Å². The zero-order valence-corrected chi connectivity index (χ0v) is 13.1. The first kappa shape index (κ1) is 19.0. The second-order valence-electron chi connectivity index (χ2n) is 6.21. The standard InChI is InChI=1S/C14H26O9/c1-5-9(17)10(18)8(4-16)22-14(5)23-13-6(2)21-7(3-15)11(19)12(13)20/h5-20H,3-4H2,1-2H3. The maximum absolute atomic E-state index is 10.2. The molecular formula is C14H26O9. The van der Waals surface area contributed by atoms with Crippen LogP contribution in [0.15, 0.2) is 0 Å². The third-order valence-corrected chi connectivity index (χ3v) is 4.58. The summed E-state index contributed by atoms with van der Waals surface area (Å²) in [4.78, 5) is 0. The Morgan fingerprint density at radius 1 is 0.783 bits per heavy atom. The second kappa shape index (κ2) is 7.68. The number of hydrogen-bond acceptors (Lipinski definition) is 9. The Morgan fingerprint density at radius 2 is 1.30 bits per heavy atom. The molecule has 0 bridgehead atoms. The van der Waals surface area contributed by atoms with Gasteiger partial charge in [0.15, 0.2) is 6.29 Å². The molecule has 2 saturated heterocycles. The van der Waals surface area contributed by atoms with Crippen molar-refractivity contribution in [2.24, 2.45) is 5.92 Å². The van der Waals surface area contributed by atoms with Crippen LogP contribution in [0.4, 0.5) is 0 Å². The lowest BCUT2D eigenvalue weighted by Crippen LogP contribution is -2.62. The van der Waals surface area contributed by atoms with Gasteiger partial charge in [-0.3, -0.25) is 0 Å². The Labute approximate surface area is 134 Å². The van der Waals surface area contributed by atoms with Crippen molar-refractivity contribution in [1.29, 1.82) is 0 Å². The van der Waals surface area contributed by atoms with Gasteiger partial charge < -0.3 is 44.8 Å². The molecule has 9 heteroatoms. The summed E-state index contributed by atoms with van der Waals surface area (Å²) in [6.45, 7) is 2.27. The van der Waals surface area contributed by atoms with E-state index in [0.717, 1.165) is 0 Å². The molecule has 9 nitrogen and oxygen atoms in total. The summed E-state index contributed by atoms with van der Waals surface area (Å²) in [6, 6.07) is 0. The highest BCUT2D eigenvalue weighted by Crippen LogP contribution is 2.31. The van der Waals surface area contributed by atoms with Gasteiger partial charge in [-0.1, -0.05) is 6.92 Å². The SMILES string of the molecule is CC1OC(CO)C(O)C(O)C1OC1OC(CO)C(O)C(O)C1C. The summed E-state index contributed by atoms with van der Waals surface area (Å²) in [7, 11) is 0. The van der Waals surface area contributed by atoms with Crippen LogP contribution in [0.1, 0.15) is 13.8 Å². The molecule has 136 valence electrons. The van der Waals surface area contributed by atoms with E-state index in [9.17, 15) is 25.5 Å². The summed E-state index contributed by atoms with van der Waals surface area (Å²) in [6.07, 6.45) is -9.59. The average molecular weight is 338 g/mol. The molecule has 0 aromatic rings. The van der Waals surface area contributed by atoms with Gasteiger partial charge in [-0.25, -0.2) is 0 Å². The van der Waals surface area contributed by atoms with Gasteiger partial charge in [0.2, 0.25) is 0 Å². The van der Waals surface area contributed by atoms with E-state index >= 15 is 0 Å². The highest BCUT2D eigenvalue weighted by Gasteiger charge is 2.48. The first-order valence-corrected chi connectivity index (χ1v) is 7.72. The average Bonchev–Trinajstić information content (AvgIpc) is 2.54. The van der Waals surface area contributed by atoms with E-state index < -0.39 is 74.3 Å². The molecule has 10 atom stereocenters. The Hall–Kier alpha value is -0.360. The van der Waals surface area contributed by atoms with E-state index in [0.29, 0.717) is 0 Å². The van der Waals surface area contributed by atoms with Crippen LogP contribution in [0.5, 0.6) is 0 Å². The van der Waals surface area contributed by atoms with Crippen LogP contribution in [-0.2, 0) is 14.2 Å². The highest BCUT2D eigenvalue weighted by molar-refractivity contribution is 4.93. The molecule has 0 spiro atoms. The van der Waals surface area contributed by atoms with Crippen LogP contribution in [0.3, 0.4) is 0 Å². The minimum absolute atomic E-state index is 0.441. The molecule has 2 aliphatic rings. The molecule has 0 aliphatic carbocycles. The highest BCUT2D eigenvalue weighted by atomic mass is 16.7. The molecular weight excluding hydrogens is 312 g/mol. The van der Waals surface area contributed by atoms with Gasteiger partial charge in [-0.15, -0.1) is 0 Å². The second-order valence-corrected chi connectivity index (χ2v) is 6.21. The Balaban J connectivity index is 2.08. The molecule has 0 saturated carbocycles. The Bertz CT molecular complexity index is 379. The van der Waals surface area contributed by atoms with Crippen molar-refractivity contribution in [2.45, 2.75) is 69.0 Å². The predicted octanol–water partition coefficient (Wildman–Crippen LogP) is -3.05. The topological polar surface area (TPSA) is 149 Å². The van der Waals surface area contributed by atoms with Gasteiger partial charge in [-0.05, 0) is 6.92 Å². The van der Waals surface area contributed by atoms with Crippen molar-refractivity contribution < 1.29 is 44.8 Å². The summed E-state index contributed by atoms with van der Waals surface area (Å²) in [5.74, 6) is -0.625. The van der Waals surface area contributed by atoms with E-state index in [4.69, 9.17) is 19.3 Å². The lowest BCUT2D eigenvalue weighted by atomic mass is 9.91. The van der Waals surface area contributed by atoms with Gasteiger partial charge in [0.1, 0.15) is 36.6 Å². The maximum atomic E-state index is 10.2. The maximum Gasteiger partial charge on any atom is 0.163 e. The van der Waals surface area contributed by atoms with Gasteiger partial charge in [0, 0.05) is 5.92 Å². The van der Waals surface area contributed by atoms with Gasteiger partial charge in [0.25, 0.3) is 0 Å². The predicted molar refractivity (Wildman–Crippen MR) is 75.2 cm³/mol. The minimum atomic E-state index is -1.33. The third-order valence-electron chi connectivity index (χ3n) is 4.58. The van der Waals surface area contributed by atoms with Crippen LogP contribution < -0.4 is 0 Å². The number of hydrogen-bond donors (Lipinski definition) is 6. The summed E-state index contributed by atoms with van der Waals surface area (Å²) >= 11 is 0. The molecule has 2 aliphatic heterocycles. The van der Waals surface area contributed by atoms with E-state index in [1.807, 2.05) is 0 Å². The molecule has 6 N–H and O–H groups in total. The van der Waals surface area contributed by atoms with Crippen molar-refractivity contribution >= 4 is 0 Å². The molecule has 23 heavy (non-hydrogen) atoms. The van der Waals surface area contributed by atoms with E-state index in [1.165, 1.54) is 0 Å². The fraction of sp³-hybridized carbons (Fsp3) is 1.00. The van der Waals surface area contributed by atoms with Crippen LogP contribution in [-0.4, -0.2) is 99.0 Å². The number of rotatable bonds is 4. The molecule has 0 aromatic heterocycles. The monoisotopic (exact) mass is 338 g/mol. The van der Waals surface area contributed by atoms with E-state index in [2.05, 4.69) is 0 Å². The van der Waals surface area contributed by atoms with Crippen LogP contribution in [0, 0.1) is 5.92 Å². The van der Waals surface area contributed by atoms with Gasteiger partial charge >= 0.3 is 0 Å². The summed E-state index contributed by atoms with van der Waals surface area (Å²) in [5.41, 5.74) is 0. The van der Waals surface area contributed by atoms with Crippen molar-refractivity contribution in [3.05, 3.63) is 0 Å². The minimum Gasteiger partial charge on any atom is -0.394 e. The van der Waals surface area contributed by atoms with E-state index in [1.54, 1.807) is 13.8 Å². The Kier molecular flexibility index (Phi) is 6.34. The van der Waals surface area contributed by atoms with Crippen molar-refractivity contribution in [3.63, 3.8) is 0 Å². The number of ether oxygens (including phenoxy) is 3. The van der Waals surface area contributed by atoms with E-state index in [-0.39, 0.29) is 0 Å². The normalized spacial score (nSPS) is 51.7. The summed E-state index contributed by atoms with van der Waals surface area (Å²) in [5, 5.41) is 58.3. The quantitative estimate of drug-likeness (QED) is 0.314. The van der Waals surface area contributed by atoms with Crippen molar-refractivity contribution in [3.8, 4) is 0 Å². The smallest absolute Gasteiger partial charge is 0.163 e. The molecule has 2 fully saturated rings. The van der Waals surface area contributed by atoms with Crippen LogP contribution >= 0.6 is 0 Å². The molecule has 2 rings (SSSR count). The van der Waals surface area contributed by atoms with Gasteiger partial charge in [0.05, 0.1) is 25.4 Å². The van der Waals surface area contributed by atoms with Crippen molar-refractivity contribution in [2.75, 3.05) is 13.2 Å². The fourth-order valence-electron chi connectivity index (χ4n) is 3.00. The third kappa shape index (κ3) is 3.68. The van der Waals surface area contributed by atoms with Crippen molar-refractivity contribution in [1.82, 2.24) is 0 Å². The fourth-order valence-corrected chi connectivity index (χ4v) is 3.00. The molecule has 2 heterocycles. The van der Waals surface area contributed by atoms with Crippen LogP contribution in [0.2, 0.25) is 0 Å². The lowest BCUT2D eigenvalue weighted by Gasteiger charge is -2.46. The van der Waals surface area contributed by atoms with Crippen LogP contribution in [0.25, 0.3) is 0 Å². The Morgan fingerprint density at radius 3 is 1.87 bits per heavy atom. The lowest BCUT2D eigenvalue weighted by molar-refractivity contribution is -0.328. The molecule has 10 unspecified atom stereocenters. The molecule has 0 radical (unpaired) electrons. The molecule has 0 aromatic carbocycles. The number of aliphatic hydroxyl groups is 6. The first-order valence-electron chi connectivity index (χ1n) is 7.72. The number of aliphatic hydroxyl groups excluding tert-OH is 6. The zero-order valence-electron chi connectivity index (χ0n) is 13.1.